The van der Waals surface area contributed by atoms with Crippen LogP contribution in [0.2, 0.25) is 0 Å². The molecule has 21 heavy (non-hydrogen) atoms. The lowest BCUT2D eigenvalue weighted by Crippen LogP contribution is -1.96. The molecule has 2 aromatic carbocycles. The van der Waals surface area contributed by atoms with Crippen LogP contribution < -0.4 is 0 Å². The van der Waals surface area contributed by atoms with Crippen molar-refractivity contribution in [2.24, 2.45) is 0 Å². The summed E-state index contributed by atoms with van der Waals surface area (Å²) >= 11 is 13.9. The zero-order valence-electron chi connectivity index (χ0n) is 10.3. The Morgan fingerprint density at radius 2 is 1.38 bits per heavy atom. The first-order chi connectivity index (χ1) is 10.0. The molecule has 0 saturated carbocycles. The van der Waals surface area contributed by atoms with Crippen LogP contribution in [-0.2, 0) is 4.74 Å². The summed E-state index contributed by atoms with van der Waals surface area (Å²) in [6, 6.07) is 9.72. The number of esters is 1. The average Bonchev–Trinajstić information content (AvgIpc) is 2.80. The number of rotatable bonds is 1. The molecular formula is C15H6Br4O2. The van der Waals surface area contributed by atoms with Gasteiger partial charge in [-0.05, 0) is 75.4 Å². The molecule has 0 bridgehead atoms. The number of halogens is 4. The van der Waals surface area contributed by atoms with Crippen LogP contribution in [0.4, 0.5) is 0 Å². The summed E-state index contributed by atoms with van der Waals surface area (Å²) in [5.74, 6) is 0.162. The van der Waals surface area contributed by atoms with Gasteiger partial charge in [-0.15, -0.1) is 0 Å². The van der Waals surface area contributed by atoms with E-state index in [2.05, 4.69) is 63.7 Å². The maximum absolute atomic E-state index is 12.2. The van der Waals surface area contributed by atoms with Gasteiger partial charge in [0.15, 0.2) is 0 Å². The highest BCUT2D eigenvalue weighted by Gasteiger charge is 2.34. The van der Waals surface area contributed by atoms with Crippen LogP contribution in [0.3, 0.4) is 0 Å². The van der Waals surface area contributed by atoms with E-state index in [0.717, 1.165) is 24.5 Å². The Balaban J connectivity index is 2.25. The molecule has 0 radical (unpaired) electrons. The molecule has 2 aromatic rings. The third-order valence-corrected chi connectivity index (χ3v) is 7.79. The van der Waals surface area contributed by atoms with Gasteiger partial charge in [0.2, 0.25) is 0 Å². The molecule has 0 unspecified atom stereocenters. The first-order valence-corrected chi connectivity index (χ1v) is 9.03. The van der Waals surface area contributed by atoms with Crippen molar-refractivity contribution < 1.29 is 9.53 Å². The van der Waals surface area contributed by atoms with Gasteiger partial charge in [-0.2, -0.15) is 0 Å². The number of hydrogen-bond donors (Lipinski definition) is 0. The second kappa shape index (κ2) is 5.99. The van der Waals surface area contributed by atoms with Crippen LogP contribution in [0.15, 0.2) is 48.2 Å². The molecule has 106 valence electrons. The van der Waals surface area contributed by atoms with Crippen molar-refractivity contribution in [1.29, 1.82) is 0 Å². The maximum Gasteiger partial charge on any atom is 0.345 e. The molecule has 0 N–H and O–H groups in total. The summed E-state index contributed by atoms with van der Waals surface area (Å²) in [6.45, 7) is 0. The van der Waals surface area contributed by atoms with Crippen molar-refractivity contribution in [2.75, 3.05) is 0 Å². The zero-order chi connectivity index (χ0) is 15.1. The van der Waals surface area contributed by atoms with Crippen molar-refractivity contribution in [2.45, 2.75) is 0 Å². The van der Waals surface area contributed by atoms with Gasteiger partial charge in [0.05, 0.1) is 5.56 Å². The minimum Gasteiger partial charge on any atom is -0.422 e. The van der Waals surface area contributed by atoms with Crippen molar-refractivity contribution >= 4 is 81.5 Å². The third kappa shape index (κ3) is 2.67. The topological polar surface area (TPSA) is 26.3 Å². The number of carbonyl (C=O) groups excluding carboxylic acids is 1. The summed E-state index contributed by atoms with van der Waals surface area (Å²) in [4.78, 5) is 12.2. The summed E-state index contributed by atoms with van der Waals surface area (Å²) in [6.07, 6.45) is 1.85. The fourth-order valence-electron chi connectivity index (χ4n) is 2.06. The number of ether oxygens (including phenoxy) is 1. The van der Waals surface area contributed by atoms with Gasteiger partial charge in [-0.25, -0.2) is 4.79 Å². The molecule has 6 heteroatoms. The molecule has 0 aromatic heterocycles. The fraction of sp³-hybridized carbons (Fsp3) is 0. The van der Waals surface area contributed by atoms with E-state index in [1.54, 1.807) is 0 Å². The van der Waals surface area contributed by atoms with E-state index in [0.29, 0.717) is 15.8 Å². The summed E-state index contributed by atoms with van der Waals surface area (Å²) in [5, 5.41) is 0. The predicted octanol–water partition coefficient (Wildman–Crippen LogP) is 6.41. The molecule has 1 heterocycles. The van der Waals surface area contributed by atoms with Crippen molar-refractivity contribution in [3.63, 3.8) is 0 Å². The fourth-order valence-corrected chi connectivity index (χ4v) is 4.53. The number of cyclic esters (lactones) is 1. The molecule has 0 fully saturated rings. The average molecular weight is 538 g/mol. The minimum atomic E-state index is -0.368. The van der Waals surface area contributed by atoms with Crippen LogP contribution in [-0.4, -0.2) is 5.97 Å². The Bertz CT molecular complexity index is 782. The zero-order valence-corrected chi connectivity index (χ0v) is 16.6. The Kier molecular flexibility index (Phi) is 4.41. The lowest BCUT2D eigenvalue weighted by atomic mass is 10.1. The molecule has 0 saturated heterocycles. The highest BCUT2D eigenvalue weighted by Crippen LogP contribution is 2.48. The van der Waals surface area contributed by atoms with Gasteiger partial charge < -0.3 is 4.74 Å². The van der Waals surface area contributed by atoms with Gasteiger partial charge in [0.25, 0.3) is 0 Å². The Labute approximate surface area is 155 Å². The predicted molar refractivity (Wildman–Crippen MR) is 97.0 cm³/mol. The summed E-state index contributed by atoms with van der Waals surface area (Å²) in [7, 11) is 0. The van der Waals surface area contributed by atoms with Crippen LogP contribution in [0.5, 0.6) is 0 Å². The molecular weight excluding hydrogens is 532 g/mol. The van der Waals surface area contributed by atoms with E-state index >= 15 is 0 Å². The first kappa shape index (κ1) is 15.5. The summed E-state index contributed by atoms with van der Waals surface area (Å²) < 4.78 is 8.48. The van der Waals surface area contributed by atoms with Crippen molar-refractivity contribution in [3.8, 4) is 0 Å². The largest absolute Gasteiger partial charge is 0.422 e. The number of benzene rings is 2. The second-order valence-corrected chi connectivity index (χ2v) is 7.49. The van der Waals surface area contributed by atoms with Crippen molar-refractivity contribution in [3.05, 3.63) is 64.9 Å². The number of carbonyl (C=O) groups is 1. The molecule has 1 aliphatic heterocycles. The van der Waals surface area contributed by atoms with E-state index < -0.39 is 0 Å². The van der Waals surface area contributed by atoms with Gasteiger partial charge >= 0.3 is 5.97 Å². The first-order valence-electron chi connectivity index (χ1n) is 5.86. The Morgan fingerprint density at radius 1 is 0.810 bits per heavy atom. The second-order valence-electron chi connectivity index (χ2n) is 4.31. The van der Waals surface area contributed by atoms with Gasteiger partial charge in [-0.3, -0.25) is 0 Å². The van der Waals surface area contributed by atoms with Gasteiger partial charge in [0.1, 0.15) is 5.76 Å². The van der Waals surface area contributed by atoms with E-state index in [-0.39, 0.29) is 5.97 Å². The quantitative estimate of drug-likeness (QED) is 0.239. The number of fused-ring (bicyclic) bond motifs is 1. The van der Waals surface area contributed by atoms with E-state index in [1.807, 2.05) is 36.4 Å². The van der Waals surface area contributed by atoms with E-state index in [9.17, 15) is 4.79 Å². The monoisotopic (exact) mass is 534 g/mol. The van der Waals surface area contributed by atoms with E-state index in [4.69, 9.17) is 4.74 Å². The highest BCUT2D eigenvalue weighted by atomic mass is 79.9. The smallest absolute Gasteiger partial charge is 0.345 e. The van der Waals surface area contributed by atoms with Crippen LogP contribution >= 0.6 is 63.7 Å². The van der Waals surface area contributed by atoms with Crippen LogP contribution in [0, 0.1) is 0 Å². The minimum absolute atomic E-state index is 0.368. The Hall–Kier alpha value is -0.430. The van der Waals surface area contributed by atoms with Gasteiger partial charge in [-0.1, -0.05) is 30.3 Å². The van der Waals surface area contributed by atoms with Crippen LogP contribution in [0.25, 0.3) is 11.8 Å². The molecule has 2 nitrogen and oxygen atoms in total. The molecule has 3 rings (SSSR count). The molecule has 0 spiro atoms. The van der Waals surface area contributed by atoms with Crippen LogP contribution in [0.1, 0.15) is 21.5 Å². The summed E-state index contributed by atoms with van der Waals surface area (Å²) in [5.41, 5.74) is 2.22. The third-order valence-electron chi connectivity index (χ3n) is 3.02. The normalized spacial score (nSPS) is 15.2. The molecule has 1 aliphatic rings. The van der Waals surface area contributed by atoms with Gasteiger partial charge in [0, 0.05) is 23.5 Å². The van der Waals surface area contributed by atoms with E-state index in [1.165, 1.54) is 0 Å². The Morgan fingerprint density at radius 3 is 2.00 bits per heavy atom. The molecule has 0 amide bonds. The molecule has 0 aliphatic carbocycles. The lowest BCUT2D eigenvalue weighted by molar-refractivity contribution is 0.0716. The molecule has 0 atom stereocenters. The van der Waals surface area contributed by atoms with Crippen molar-refractivity contribution in [1.82, 2.24) is 0 Å². The highest BCUT2D eigenvalue weighted by molar-refractivity contribution is 9.15. The SMILES string of the molecule is O=C1O/C(=C/c2ccccc2)c2c(Br)c(Br)c(Br)c(Br)c21. The standard InChI is InChI=1S/C15H6Br4O2/c16-11-9-8(6-7-4-2-1-3-5-7)21-15(20)10(9)12(17)14(19)13(11)18/h1-6H/b8-6+. The number of hydrogen-bond acceptors (Lipinski definition) is 2. The lowest BCUT2D eigenvalue weighted by Gasteiger charge is -2.08. The maximum atomic E-state index is 12.2.